The average Bonchev–Trinajstić information content (AvgIpc) is 3.08. The molecule has 5 nitrogen and oxygen atoms in total. The maximum absolute atomic E-state index is 14.9. The molecular formula is C25H25FN4O. The zero-order valence-electron chi connectivity index (χ0n) is 17.8. The van der Waals surface area contributed by atoms with Crippen LogP contribution in [0.15, 0.2) is 48.6 Å². The van der Waals surface area contributed by atoms with Gasteiger partial charge < -0.3 is 4.74 Å². The van der Waals surface area contributed by atoms with Crippen molar-refractivity contribution in [3.63, 3.8) is 0 Å². The Morgan fingerprint density at radius 1 is 1.13 bits per heavy atom. The molecule has 0 radical (unpaired) electrons. The molecule has 1 saturated carbocycles. The lowest BCUT2D eigenvalue weighted by atomic mass is 10.0. The third-order valence-corrected chi connectivity index (χ3v) is 6.20. The van der Waals surface area contributed by atoms with Gasteiger partial charge in [0.2, 0.25) is 0 Å². The van der Waals surface area contributed by atoms with Crippen molar-refractivity contribution in [2.75, 3.05) is 7.11 Å². The van der Waals surface area contributed by atoms with E-state index in [2.05, 4.69) is 28.1 Å². The van der Waals surface area contributed by atoms with Crippen molar-refractivity contribution in [1.29, 1.82) is 0 Å². The van der Waals surface area contributed by atoms with Crippen LogP contribution in [0.3, 0.4) is 0 Å². The van der Waals surface area contributed by atoms with Crippen LogP contribution in [-0.4, -0.2) is 26.7 Å². The highest BCUT2D eigenvalue weighted by atomic mass is 19.1. The molecule has 3 heterocycles. The Bertz CT molecular complexity index is 1290. The van der Waals surface area contributed by atoms with Gasteiger partial charge in [-0.15, -0.1) is 0 Å². The van der Waals surface area contributed by atoms with E-state index in [0.717, 1.165) is 24.3 Å². The van der Waals surface area contributed by atoms with Crippen LogP contribution in [0.25, 0.3) is 33.8 Å². The first-order valence-electron chi connectivity index (χ1n) is 10.8. The summed E-state index contributed by atoms with van der Waals surface area (Å²) in [6.45, 7) is 2.33. The molecule has 158 valence electrons. The minimum Gasteiger partial charge on any atom is -0.497 e. The lowest BCUT2D eigenvalue weighted by Gasteiger charge is -2.08. The maximum atomic E-state index is 14.9. The minimum atomic E-state index is -0.406. The second-order valence-corrected chi connectivity index (χ2v) is 8.42. The Balaban J connectivity index is 1.58. The summed E-state index contributed by atoms with van der Waals surface area (Å²) < 4.78 is 22.0. The van der Waals surface area contributed by atoms with E-state index in [9.17, 15) is 4.39 Å². The lowest BCUT2D eigenvalue weighted by molar-refractivity contribution is 0.415. The normalized spacial score (nSPS) is 18.5. The van der Waals surface area contributed by atoms with Crippen LogP contribution in [-0.2, 0) is 0 Å². The number of allylic oxidation sites excluding steroid dienone is 1. The first-order valence-corrected chi connectivity index (χ1v) is 10.8. The number of nitrogens with zero attached hydrogens (tertiary/aromatic N) is 4. The van der Waals surface area contributed by atoms with Gasteiger partial charge in [-0.3, -0.25) is 4.98 Å². The summed E-state index contributed by atoms with van der Waals surface area (Å²) in [5, 5.41) is 5.15. The van der Waals surface area contributed by atoms with Gasteiger partial charge in [-0.2, -0.15) is 5.10 Å². The number of benzene rings is 1. The molecule has 0 spiro atoms. The van der Waals surface area contributed by atoms with Crippen molar-refractivity contribution in [1.82, 2.24) is 19.6 Å². The number of pyridine rings is 1. The van der Waals surface area contributed by atoms with Gasteiger partial charge in [0, 0.05) is 28.9 Å². The van der Waals surface area contributed by atoms with E-state index in [0.29, 0.717) is 33.4 Å². The second-order valence-electron chi connectivity index (χ2n) is 8.42. The summed E-state index contributed by atoms with van der Waals surface area (Å²) in [7, 11) is 1.59. The van der Waals surface area contributed by atoms with Gasteiger partial charge in [0.1, 0.15) is 11.6 Å². The van der Waals surface area contributed by atoms with E-state index in [4.69, 9.17) is 4.74 Å². The molecule has 3 aromatic heterocycles. The van der Waals surface area contributed by atoms with Crippen molar-refractivity contribution in [2.45, 2.75) is 39.0 Å². The smallest absolute Gasteiger partial charge is 0.162 e. The first-order chi connectivity index (χ1) is 15.1. The number of ether oxygens (including phenoxy) is 1. The minimum absolute atomic E-state index is 0.406. The fourth-order valence-electron chi connectivity index (χ4n) is 4.45. The summed E-state index contributed by atoms with van der Waals surface area (Å²) in [4.78, 5) is 8.86. The third-order valence-electron chi connectivity index (χ3n) is 6.20. The van der Waals surface area contributed by atoms with E-state index >= 15 is 0 Å². The Hall–Kier alpha value is -3.28. The van der Waals surface area contributed by atoms with E-state index in [1.54, 1.807) is 23.9 Å². The van der Waals surface area contributed by atoms with Crippen molar-refractivity contribution < 1.29 is 9.13 Å². The van der Waals surface area contributed by atoms with Crippen LogP contribution in [0.4, 0.5) is 4.39 Å². The number of fused-ring (bicyclic) bond motifs is 2. The molecule has 31 heavy (non-hydrogen) atoms. The molecule has 0 amide bonds. The van der Waals surface area contributed by atoms with Crippen molar-refractivity contribution in [3.8, 4) is 16.9 Å². The van der Waals surface area contributed by atoms with Crippen LogP contribution in [0, 0.1) is 11.7 Å². The maximum Gasteiger partial charge on any atom is 0.162 e. The predicted molar refractivity (Wildman–Crippen MR) is 120 cm³/mol. The van der Waals surface area contributed by atoms with Crippen LogP contribution < -0.4 is 4.74 Å². The highest BCUT2D eigenvalue weighted by Gasteiger charge is 2.18. The van der Waals surface area contributed by atoms with Gasteiger partial charge in [0.15, 0.2) is 5.65 Å². The zero-order chi connectivity index (χ0) is 21.4. The quantitative estimate of drug-likeness (QED) is 0.380. The van der Waals surface area contributed by atoms with Crippen LogP contribution in [0.2, 0.25) is 0 Å². The number of aromatic nitrogens is 4. The molecular weight excluding hydrogens is 391 g/mol. The van der Waals surface area contributed by atoms with Gasteiger partial charge in [0.05, 0.1) is 30.6 Å². The lowest BCUT2D eigenvalue weighted by Crippen LogP contribution is -1.95. The Labute approximate surface area is 180 Å². The van der Waals surface area contributed by atoms with Crippen molar-refractivity contribution in [3.05, 3.63) is 59.9 Å². The average molecular weight is 417 g/mol. The standard InChI is InChI=1S/C25H25FN4O/c1-16-4-3-5-17(7-6-16)10-18-12-28-25-21(13-29-30(25)15-18)24-20-11-19(31-2)8-9-23(20)27-14-22(24)26/h8-16H,3-7H2,1-2H3. The molecule has 5 rings (SSSR count). The monoisotopic (exact) mass is 416 g/mol. The van der Waals surface area contributed by atoms with Gasteiger partial charge in [-0.25, -0.2) is 13.9 Å². The summed E-state index contributed by atoms with van der Waals surface area (Å²) in [6.07, 6.45) is 15.0. The topological polar surface area (TPSA) is 52.3 Å². The Morgan fingerprint density at radius 2 is 2.03 bits per heavy atom. The summed E-state index contributed by atoms with van der Waals surface area (Å²) in [5.41, 5.74) is 4.88. The Morgan fingerprint density at radius 3 is 2.90 bits per heavy atom. The van der Waals surface area contributed by atoms with Crippen LogP contribution in [0.1, 0.15) is 44.6 Å². The highest BCUT2D eigenvalue weighted by Crippen LogP contribution is 2.34. The van der Waals surface area contributed by atoms with E-state index in [1.807, 2.05) is 24.5 Å². The molecule has 1 unspecified atom stereocenters. The molecule has 6 heteroatoms. The SMILES string of the molecule is COc1ccc2ncc(F)c(-c3cnn4cc(C=C5CCCC(C)CC5)cnc34)c2c1. The molecule has 0 aliphatic heterocycles. The summed E-state index contributed by atoms with van der Waals surface area (Å²) in [6, 6.07) is 5.45. The molecule has 1 aliphatic rings. The second kappa shape index (κ2) is 8.10. The molecule has 1 aliphatic carbocycles. The third kappa shape index (κ3) is 3.78. The molecule has 1 fully saturated rings. The van der Waals surface area contributed by atoms with Crippen molar-refractivity contribution in [2.24, 2.45) is 5.92 Å². The van der Waals surface area contributed by atoms with Crippen LogP contribution in [0.5, 0.6) is 5.75 Å². The van der Waals surface area contributed by atoms with Gasteiger partial charge >= 0.3 is 0 Å². The molecule has 0 N–H and O–H groups in total. The fourth-order valence-corrected chi connectivity index (χ4v) is 4.45. The molecule has 4 aromatic rings. The summed E-state index contributed by atoms with van der Waals surface area (Å²) in [5.74, 6) is 1.04. The van der Waals surface area contributed by atoms with E-state index in [1.165, 1.54) is 31.0 Å². The van der Waals surface area contributed by atoms with Crippen molar-refractivity contribution >= 4 is 22.6 Å². The number of halogens is 1. The largest absolute Gasteiger partial charge is 0.497 e. The van der Waals surface area contributed by atoms with Gasteiger partial charge in [-0.05, 0) is 49.8 Å². The van der Waals surface area contributed by atoms with Gasteiger partial charge in [-0.1, -0.05) is 25.0 Å². The first kappa shape index (κ1) is 19.7. The van der Waals surface area contributed by atoms with E-state index < -0.39 is 5.82 Å². The number of methoxy groups -OCH3 is 1. The molecule has 1 aromatic carbocycles. The summed E-state index contributed by atoms with van der Waals surface area (Å²) >= 11 is 0. The number of hydrogen-bond acceptors (Lipinski definition) is 4. The van der Waals surface area contributed by atoms with E-state index in [-0.39, 0.29) is 0 Å². The molecule has 1 atom stereocenters. The number of hydrogen-bond donors (Lipinski definition) is 0. The molecule has 0 saturated heterocycles. The van der Waals surface area contributed by atoms with Crippen LogP contribution >= 0.6 is 0 Å². The zero-order valence-corrected chi connectivity index (χ0v) is 17.8. The highest BCUT2D eigenvalue weighted by molar-refractivity contribution is 5.98. The van der Waals surface area contributed by atoms with Gasteiger partial charge in [0.25, 0.3) is 0 Å². The number of rotatable bonds is 3. The predicted octanol–water partition coefficient (Wildman–Crippen LogP) is 6.08. The molecule has 0 bridgehead atoms. The Kier molecular flexibility index (Phi) is 5.14. The fraction of sp³-hybridized carbons (Fsp3) is 0.320.